The fourth-order valence-electron chi connectivity index (χ4n) is 4.98. The minimum atomic E-state index is -4.02. The van der Waals surface area contributed by atoms with Crippen LogP contribution in [-0.4, -0.2) is 53.8 Å². The summed E-state index contributed by atoms with van der Waals surface area (Å²) in [6, 6.07) is 16.2. The van der Waals surface area contributed by atoms with Gasteiger partial charge in [-0.1, -0.05) is 30.0 Å². The Labute approximate surface area is 266 Å². The highest BCUT2D eigenvalue weighted by Gasteiger charge is 2.23. The maximum atomic E-state index is 13.9. The van der Waals surface area contributed by atoms with Crippen LogP contribution in [0.1, 0.15) is 23.3 Å². The predicted octanol–water partition coefficient (Wildman–Crippen LogP) is 4.66. The van der Waals surface area contributed by atoms with Crippen molar-refractivity contribution in [3.63, 3.8) is 0 Å². The fourth-order valence-corrected chi connectivity index (χ4v) is 8.09. The van der Waals surface area contributed by atoms with Crippen LogP contribution in [0.25, 0.3) is 15.9 Å². The quantitative estimate of drug-likeness (QED) is 0.159. The molecule has 0 unspecified atom stereocenters. The molecular formula is C30H28N6O6S3. The molecular weight excluding hydrogens is 637 g/mol. The van der Waals surface area contributed by atoms with Crippen LogP contribution in [0.4, 0.5) is 11.5 Å². The number of methoxy groups -OCH3 is 2. The average molecular weight is 665 g/mol. The van der Waals surface area contributed by atoms with Gasteiger partial charge in [0, 0.05) is 16.6 Å². The van der Waals surface area contributed by atoms with Gasteiger partial charge in [-0.3, -0.25) is 18.9 Å². The van der Waals surface area contributed by atoms with E-state index in [0.29, 0.717) is 26.7 Å². The lowest BCUT2D eigenvalue weighted by Gasteiger charge is -2.14. The van der Waals surface area contributed by atoms with Crippen molar-refractivity contribution in [1.82, 2.24) is 19.5 Å². The van der Waals surface area contributed by atoms with Gasteiger partial charge in [0.1, 0.15) is 4.83 Å². The third kappa shape index (κ3) is 6.50. The van der Waals surface area contributed by atoms with Gasteiger partial charge in [-0.15, -0.1) is 11.3 Å². The molecule has 45 heavy (non-hydrogen) atoms. The van der Waals surface area contributed by atoms with Crippen molar-refractivity contribution in [3.8, 4) is 17.6 Å². The molecule has 0 atom stereocenters. The van der Waals surface area contributed by atoms with Gasteiger partial charge >= 0.3 is 6.01 Å². The monoisotopic (exact) mass is 664 g/mol. The van der Waals surface area contributed by atoms with Crippen molar-refractivity contribution in [1.29, 1.82) is 0 Å². The number of aryl methyl sites for hydroxylation is 2. The Bertz CT molecular complexity index is 2020. The molecule has 3 aromatic heterocycles. The molecule has 6 rings (SSSR count). The second kappa shape index (κ2) is 12.9. The SMILES string of the molecule is COc1cc(NS(=O)(=O)c2ccc(NC(=O)CSc3nc4sc5c(c4c(=O)n3-c3ccccc3)CCCC5)cc2)nc(OC)n1. The van der Waals surface area contributed by atoms with E-state index in [4.69, 9.17) is 14.5 Å². The van der Waals surface area contributed by atoms with Crippen LogP contribution in [0.3, 0.4) is 0 Å². The Morgan fingerprint density at radius 2 is 1.76 bits per heavy atom. The van der Waals surface area contributed by atoms with Gasteiger partial charge in [0.15, 0.2) is 11.0 Å². The van der Waals surface area contributed by atoms with Crippen molar-refractivity contribution >= 4 is 60.8 Å². The predicted molar refractivity (Wildman–Crippen MR) is 174 cm³/mol. The number of hydrogen-bond donors (Lipinski definition) is 2. The number of nitrogens with one attached hydrogen (secondary N) is 2. The summed E-state index contributed by atoms with van der Waals surface area (Å²) >= 11 is 2.73. The normalized spacial score (nSPS) is 12.8. The lowest BCUT2D eigenvalue weighted by atomic mass is 9.97. The highest BCUT2D eigenvalue weighted by molar-refractivity contribution is 7.99. The number of thiophene rings is 1. The highest BCUT2D eigenvalue weighted by atomic mass is 32.2. The summed E-state index contributed by atoms with van der Waals surface area (Å²) in [6.07, 6.45) is 3.98. The van der Waals surface area contributed by atoms with Crippen molar-refractivity contribution in [2.75, 3.05) is 30.0 Å². The van der Waals surface area contributed by atoms with E-state index in [9.17, 15) is 18.0 Å². The van der Waals surface area contributed by atoms with Crippen LogP contribution in [0.5, 0.6) is 11.9 Å². The van der Waals surface area contributed by atoms with E-state index < -0.39 is 10.0 Å². The number of carbonyl (C=O) groups is 1. The summed E-state index contributed by atoms with van der Waals surface area (Å²) in [5.41, 5.74) is 2.06. The number of carbonyl (C=O) groups excluding carboxylic acids is 1. The minimum Gasteiger partial charge on any atom is -0.481 e. The summed E-state index contributed by atoms with van der Waals surface area (Å²) in [6.45, 7) is 0. The van der Waals surface area contributed by atoms with Gasteiger partial charge < -0.3 is 14.8 Å². The lowest BCUT2D eigenvalue weighted by molar-refractivity contribution is -0.113. The van der Waals surface area contributed by atoms with Crippen LogP contribution >= 0.6 is 23.1 Å². The number of nitrogens with zero attached hydrogens (tertiary/aromatic N) is 4. The van der Waals surface area contributed by atoms with E-state index in [1.807, 2.05) is 30.3 Å². The van der Waals surface area contributed by atoms with Crippen molar-refractivity contribution in [2.24, 2.45) is 0 Å². The highest BCUT2D eigenvalue weighted by Crippen LogP contribution is 2.35. The van der Waals surface area contributed by atoms with Crippen LogP contribution < -0.4 is 25.1 Å². The number of rotatable bonds is 10. The number of ether oxygens (including phenoxy) is 2. The summed E-state index contributed by atoms with van der Waals surface area (Å²) in [7, 11) is -1.28. The number of amides is 1. The Hall–Kier alpha value is -4.47. The average Bonchev–Trinajstić information content (AvgIpc) is 3.43. The zero-order valence-electron chi connectivity index (χ0n) is 24.3. The Morgan fingerprint density at radius 1 is 1.00 bits per heavy atom. The number of thioether (sulfide) groups is 1. The number of benzene rings is 2. The van der Waals surface area contributed by atoms with E-state index in [-0.39, 0.29) is 39.8 Å². The molecule has 1 aliphatic carbocycles. The molecule has 0 aliphatic heterocycles. The summed E-state index contributed by atoms with van der Waals surface area (Å²) in [5.74, 6) is -0.264. The number of hydrogen-bond acceptors (Lipinski definition) is 11. The van der Waals surface area contributed by atoms with Crippen molar-refractivity contribution in [3.05, 3.63) is 81.5 Å². The van der Waals surface area contributed by atoms with Gasteiger partial charge in [0.05, 0.1) is 35.9 Å². The van der Waals surface area contributed by atoms with Crippen LogP contribution in [0.2, 0.25) is 0 Å². The third-order valence-corrected chi connectivity index (χ3v) is 10.6. The first kappa shape index (κ1) is 30.6. The van der Waals surface area contributed by atoms with E-state index in [2.05, 4.69) is 20.0 Å². The topological polar surface area (TPSA) is 154 Å². The number of sulfonamides is 1. The molecule has 2 N–H and O–H groups in total. The maximum absolute atomic E-state index is 13.9. The second-order valence-electron chi connectivity index (χ2n) is 10.0. The maximum Gasteiger partial charge on any atom is 0.321 e. The first-order chi connectivity index (χ1) is 21.8. The molecule has 5 aromatic rings. The van der Waals surface area contributed by atoms with Gasteiger partial charge in [0.25, 0.3) is 15.6 Å². The Balaban J connectivity index is 1.18. The standard InChI is InChI=1S/C30H28N6O6S3/c1-41-25-16-23(32-29(33-25)42-2)35-45(39,40)20-14-12-18(13-15-20)31-24(37)17-43-30-34-27-26(21-10-6-7-11-22(21)44-27)28(38)36(30)19-8-4-3-5-9-19/h3-5,8-9,12-16H,6-7,10-11,17H2,1-2H3,(H,31,37)(H,32,33,35). The van der Waals surface area contributed by atoms with Gasteiger partial charge in [-0.2, -0.15) is 9.97 Å². The molecule has 12 nitrogen and oxygen atoms in total. The zero-order chi connectivity index (χ0) is 31.6. The number of anilines is 2. The molecule has 0 saturated heterocycles. The first-order valence-corrected chi connectivity index (χ1v) is 17.2. The molecule has 15 heteroatoms. The lowest BCUT2D eigenvalue weighted by Crippen LogP contribution is -2.23. The van der Waals surface area contributed by atoms with Gasteiger partial charge in [0.2, 0.25) is 11.8 Å². The van der Waals surface area contributed by atoms with Crippen LogP contribution in [0.15, 0.2) is 75.5 Å². The van der Waals surface area contributed by atoms with Crippen LogP contribution in [-0.2, 0) is 27.7 Å². The summed E-state index contributed by atoms with van der Waals surface area (Å²) in [4.78, 5) is 41.5. The molecule has 2 aromatic carbocycles. The largest absolute Gasteiger partial charge is 0.481 e. The number of para-hydroxylation sites is 1. The van der Waals surface area contributed by atoms with Gasteiger partial charge in [-0.25, -0.2) is 13.4 Å². The van der Waals surface area contributed by atoms with Gasteiger partial charge in [-0.05, 0) is 67.6 Å². The summed E-state index contributed by atoms with van der Waals surface area (Å²) in [5, 5.41) is 3.88. The molecule has 232 valence electrons. The molecule has 0 spiro atoms. The molecule has 0 saturated carbocycles. The van der Waals surface area contributed by atoms with E-state index in [1.54, 1.807) is 15.9 Å². The number of fused-ring (bicyclic) bond motifs is 3. The van der Waals surface area contributed by atoms with E-state index >= 15 is 0 Å². The minimum absolute atomic E-state index is 0.0190. The van der Waals surface area contributed by atoms with Crippen molar-refractivity contribution < 1.29 is 22.7 Å². The first-order valence-electron chi connectivity index (χ1n) is 13.9. The fraction of sp³-hybridized carbons (Fsp3) is 0.233. The van der Waals surface area contributed by atoms with E-state index in [0.717, 1.165) is 31.2 Å². The van der Waals surface area contributed by atoms with E-state index in [1.165, 1.54) is 61.2 Å². The molecule has 0 bridgehead atoms. The zero-order valence-corrected chi connectivity index (χ0v) is 26.7. The smallest absolute Gasteiger partial charge is 0.321 e. The Kier molecular flexibility index (Phi) is 8.74. The molecule has 1 amide bonds. The molecule has 0 fully saturated rings. The third-order valence-electron chi connectivity index (χ3n) is 7.07. The second-order valence-corrected chi connectivity index (χ2v) is 13.7. The molecule has 0 radical (unpaired) electrons. The summed E-state index contributed by atoms with van der Waals surface area (Å²) < 4.78 is 39.9. The van der Waals surface area contributed by atoms with Crippen molar-refractivity contribution in [2.45, 2.75) is 35.7 Å². The Morgan fingerprint density at radius 3 is 2.49 bits per heavy atom. The molecule has 3 heterocycles. The molecule has 1 aliphatic rings. The van der Waals surface area contributed by atoms with Crippen LogP contribution in [0, 0.1) is 0 Å². The number of aromatic nitrogens is 4.